The van der Waals surface area contributed by atoms with Crippen molar-refractivity contribution in [1.82, 2.24) is 9.97 Å². The fraction of sp³-hybridized carbons (Fsp3) is 0.154. The van der Waals surface area contributed by atoms with Crippen LogP contribution in [0, 0.1) is 5.95 Å². The Kier molecular flexibility index (Phi) is 3.70. The molecule has 0 spiro atoms. The van der Waals surface area contributed by atoms with Crippen molar-refractivity contribution in [2.75, 3.05) is 11.4 Å². The fourth-order valence-electron chi connectivity index (χ4n) is 1.80. The van der Waals surface area contributed by atoms with Crippen LogP contribution in [-0.4, -0.2) is 22.5 Å². The van der Waals surface area contributed by atoms with Gasteiger partial charge >= 0.3 is 6.03 Å². The number of nitrogens with zero attached hydrogens (tertiary/aromatic N) is 3. The molecule has 6 heteroatoms. The quantitative estimate of drug-likeness (QED) is 0.860. The number of pyridine rings is 2. The van der Waals surface area contributed by atoms with Crippen LogP contribution in [0.25, 0.3) is 11.1 Å². The van der Waals surface area contributed by atoms with Crippen LogP contribution < -0.4 is 10.6 Å². The Hall–Kier alpha value is -2.50. The van der Waals surface area contributed by atoms with Gasteiger partial charge in [0.2, 0.25) is 5.95 Å². The first-order chi connectivity index (χ1) is 9.13. The third-order valence-electron chi connectivity index (χ3n) is 2.67. The minimum absolute atomic E-state index is 0.209. The molecule has 0 saturated carbocycles. The van der Waals surface area contributed by atoms with Crippen LogP contribution >= 0.6 is 0 Å². The van der Waals surface area contributed by atoms with E-state index < -0.39 is 12.0 Å². The summed E-state index contributed by atoms with van der Waals surface area (Å²) in [6.07, 6.45) is 3.23. The van der Waals surface area contributed by atoms with Crippen molar-refractivity contribution >= 4 is 11.8 Å². The van der Waals surface area contributed by atoms with Gasteiger partial charge in [-0.25, -0.2) is 9.78 Å². The molecule has 2 heterocycles. The highest BCUT2D eigenvalue weighted by molar-refractivity contribution is 5.94. The topological polar surface area (TPSA) is 72.1 Å². The summed E-state index contributed by atoms with van der Waals surface area (Å²) in [5.74, 6) is -0.450. The summed E-state index contributed by atoms with van der Waals surface area (Å²) < 4.78 is 13.3. The van der Waals surface area contributed by atoms with E-state index in [2.05, 4.69) is 9.97 Å². The van der Waals surface area contributed by atoms with E-state index in [4.69, 9.17) is 5.73 Å². The number of carbonyl (C=O) groups excluding carboxylic acids is 1. The molecule has 0 radical (unpaired) electrons. The molecule has 2 amide bonds. The van der Waals surface area contributed by atoms with Crippen molar-refractivity contribution in [3.05, 3.63) is 42.6 Å². The number of urea groups is 1. The molecule has 0 saturated heterocycles. The lowest BCUT2D eigenvalue weighted by Crippen LogP contribution is -2.36. The van der Waals surface area contributed by atoms with E-state index in [0.29, 0.717) is 12.1 Å². The van der Waals surface area contributed by atoms with Gasteiger partial charge in [0.15, 0.2) is 0 Å². The Bertz CT molecular complexity index is 588. The molecule has 19 heavy (non-hydrogen) atoms. The number of hydrogen-bond acceptors (Lipinski definition) is 3. The molecule has 0 bridgehead atoms. The third kappa shape index (κ3) is 2.67. The second-order valence-electron chi connectivity index (χ2n) is 3.82. The van der Waals surface area contributed by atoms with Gasteiger partial charge in [-0.1, -0.05) is 0 Å². The second-order valence-corrected chi connectivity index (χ2v) is 3.82. The monoisotopic (exact) mass is 260 g/mol. The van der Waals surface area contributed by atoms with E-state index in [0.717, 1.165) is 5.56 Å². The van der Waals surface area contributed by atoms with E-state index in [9.17, 15) is 9.18 Å². The summed E-state index contributed by atoms with van der Waals surface area (Å²) in [5.41, 5.74) is 6.71. The van der Waals surface area contributed by atoms with Gasteiger partial charge in [-0.15, -0.1) is 0 Å². The predicted octanol–water partition coefficient (Wildman–Crippen LogP) is 2.19. The Balaban J connectivity index is 2.59. The largest absolute Gasteiger partial charge is 0.351 e. The van der Waals surface area contributed by atoms with Gasteiger partial charge in [0.1, 0.15) is 5.82 Å². The molecule has 0 aliphatic rings. The number of primary amides is 1. The molecule has 2 N–H and O–H groups in total. The summed E-state index contributed by atoms with van der Waals surface area (Å²) >= 11 is 0. The highest BCUT2D eigenvalue weighted by Gasteiger charge is 2.18. The van der Waals surface area contributed by atoms with E-state index in [1.165, 1.54) is 11.0 Å². The maximum atomic E-state index is 13.3. The Morgan fingerprint density at radius 3 is 2.58 bits per heavy atom. The molecule has 2 aromatic rings. The number of anilines is 1. The van der Waals surface area contributed by atoms with Crippen molar-refractivity contribution in [2.45, 2.75) is 6.92 Å². The summed E-state index contributed by atoms with van der Waals surface area (Å²) in [6, 6.07) is 5.66. The first-order valence-electron chi connectivity index (χ1n) is 5.77. The molecular weight excluding hydrogens is 247 g/mol. The van der Waals surface area contributed by atoms with Crippen molar-refractivity contribution in [3.63, 3.8) is 0 Å². The van der Waals surface area contributed by atoms with Crippen molar-refractivity contribution < 1.29 is 9.18 Å². The molecule has 0 unspecified atom stereocenters. The average Bonchev–Trinajstić information content (AvgIpc) is 2.40. The predicted molar refractivity (Wildman–Crippen MR) is 70.0 cm³/mol. The summed E-state index contributed by atoms with van der Waals surface area (Å²) in [4.78, 5) is 20.3. The third-order valence-corrected chi connectivity index (χ3v) is 2.67. The molecule has 5 nitrogen and oxygen atoms in total. The zero-order chi connectivity index (χ0) is 13.8. The number of nitrogens with two attached hydrogens (primary N) is 1. The molecular formula is C13H13FN4O. The normalized spacial score (nSPS) is 10.2. The maximum absolute atomic E-state index is 13.3. The Morgan fingerprint density at radius 2 is 2.00 bits per heavy atom. The first kappa shape index (κ1) is 12.9. The van der Waals surface area contributed by atoms with Gasteiger partial charge in [-0.3, -0.25) is 9.88 Å². The number of rotatable bonds is 3. The van der Waals surface area contributed by atoms with Crippen LogP contribution in [0.1, 0.15) is 6.92 Å². The smallest absolute Gasteiger partial charge is 0.320 e. The first-order valence-corrected chi connectivity index (χ1v) is 5.77. The van der Waals surface area contributed by atoms with Gasteiger partial charge in [-0.05, 0) is 36.8 Å². The van der Waals surface area contributed by atoms with Crippen molar-refractivity contribution in [2.24, 2.45) is 5.73 Å². The van der Waals surface area contributed by atoms with Crippen LogP contribution in [0.3, 0.4) is 0 Å². The minimum atomic E-state index is -0.670. The van der Waals surface area contributed by atoms with Gasteiger partial charge in [0.25, 0.3) is 0 Å². The van der Waals surface area contributed by atoms with Crippen LogP contribution in [-0.2, 0) is 0 Å². The van der Waals surface area contributed by atoms with Crippen LogP contribution in [0.5, 0.6) is 0 Å². The van der Waals surface area contributed by atoms with Crippen LogP contribution in [0.15, 0.2) is 36.7 Å². The molecule has 98 valence electrons. The summed E-state index contributed by atoms with van der Waals surface area (Å²) in [6.45, 7) is 2.05. The SMILES string of the molecule is CCN(C(N)=O)c1nc(F)ccc1-c1ccncc1. The molecule has 0 aliphatic carbocycles. The standard InChI is InChI=1S/C13H13FN4O/c1-2-18(13(15)19)12-10(3-4-11(14)17-12)9-5-7-16-8-6-9/h3-8H,2H2,1H3,(H2,15,19). The highest BCUT2D eigenvalue weighted by Crippen LogP contribution is 2.28. The number of carbonyl (C=O) groups is 1. The fourth-order valence-corrected chi connectivity index (χ4v) is 1.80. The number of aromatic nitrogens is 2. The molecule has 0 fully saturated rings. The summed E-state index contributed by atoms with van der Waals surface area (Å²) in [7, 11) is 0. The maximum Gasteiger partial charge on any atom is 0.320 e. The lowest BCUT2D eigenvalue weighted by Gasteiger charge is -2.20. The van der Waals surface area contributed by atoms with Crippen LogP contribution in [0.4, 0.5) is 15.0 Å². The molecule has 2 rings (SSSR count). The van der Waals surface area contributed by atoms with Crippen molar-refractivity contribution in [1.29, 1.82) is 0 Å². The van der Waals surface area contributed by atoms with Crippen LogP contribution in [0.2, 0.25) is 0 Å². The zero-order valence-electron chi connectivity index (χ0n) is 10.4. The van der Waals surface area contributed by atoms with Crippen molar-refractivity contribution in [3.8, 4) is 11.1 Å². The zero-order valence-corrected chi connectivity index (χ0v) is 10.4. The lowest BCUT2D eigenvalue weighted by molar-refractivity contribution is 0.254. The number of halogens is 1. The molecule has 0 aliphatic heterocycles. The Labute approximate surface area is 109 Å². The molecule has 0 aromatic carbocycles. The second kappa shape index (κ2) is 5.43. The molecule has 0 atom stereocenters. The van der Waals surface area contributed by atoms with Gasteiger partial charge in [0.05, 0.1) is 0 Å². The van der Waals surface area contributed by atoms with E-state index >= 15 is 0 Å². The van der Waals surface area contributed by atoms with E-state index in [-0.39, 0.29) is 5.82 Å². The van der Waals surface area contributed by atoms with Gasteiger partial charge < -0.3 is 5.73 Å². The van der Waals surface area contributed by atoms with Gasteiger partial charge in [0, 0.05) is 24.5 Å². The highest BCUT2D eigenvalue weighted by atomic mass is 19.1. The van der Waals surface area contributed by atoms with E-state index in [1.807, 2.05) is 0 Å². The summed E-state index contributed by atoms with van der Waals surface area (Å²) in [5, 5.41) is 0. The Morgan fingerprint density at radius 1 is 1.32 bits per heavy atom. The number of hydrogen-bond donors (Lipinski definition) is 1. The minimum Gasteiger partial charge on any atom is -0.351 e. The van der Waals surface area contributed by atoms with Gasteiger partial charge in [-0.2, -0.15) is 4.39 Å². The van der Waals surface area contributed by atoms with E-state index in [1.54, 1.807) is 37.5 Å². The molecule has 2 aromatic heterocycles. The number of amides is 2. The lowest BCUT2D eigenvalue weighted by atomic mass is 10.1. The average molecular weight is 260 g/mol.